The molecular weight excluding hydrogens is 322 g/mol. The predicted octanol–water partition coefficient (Wildman–Crippen LogP) is 2.21. The molecule has 9 heteroatoms. The van der Waals surface area contributed by atoms with E-state index in [1.165, 1.54) is 0 Å². The van der Waals surface area contributed by atoms with Gasteiger partial charge in [-0.1, -0.05) is 13.0 Å². The second-order valence-electron chi connectivity index (χ2n) is 5.48. The van der Waals surface area contributed by atoms with Gasteiger partial charge in [0.2, 0.25) is 5.95 Å². The maximum absolute atomic E-state index is 11.4. The Morgan fingerprint density at radius 2 is 2.04 bits per heavy atom. The van der Waals surface area contributed by atoms with E-state index in [2.05, 4.69) is 30.5 Å². The zero-order valence-electron chi connectivity index (χ0n) is 14.2. The molecule has 0 spiro atoms. The van der Waals surface area contributed by atoms with Crippen molar-refractivity contribution < 1.29 is 9.90 Å². The van der Waals surface area contributed by atoms with Crippen molar-refractivity contribution in [1.82, 2.24) is 25.1 Å². The van der Waals surface area contributed by atoms with Crippen molar-refractivity contribution in [3.05, 3.63) is 29.6 Å². The van der Waals surface area contributed by atoms with Gasteiger partial charge in [0.1, 0.15) is 11.3 Å². The van der Waals surface area contributed by atoms with Crippen LogP contribution >= 0.6 is 0 Å². The highest BCUT2D eigenvalue weighted by molar-refractivity contribution is 6.02. The van der Waals surface area contributed by atoms with E-state index in [-0.39, 0.29) is 11.2 Å². The number of carboxylic acid groups (broad SMARTS) is 1. The number of fused-ring (bicyclic) bond motifs is 1. The molecule has 0 aliphatic heterocycles. The molecule has 3 aromatic rings. The topological polar surface area (TPSA) is 120 Å². The molecule has 3 aromatic heterocycles. The molecule has 3 rings (SSSR count). The van der Waals surface area contributed by atoms with Gasteiger partial charge in [-0.2, -0.15) is 10.1 Å². The van der Waals surface area contributed by atoms with Gasteiger partial charge in [-0.3, -0.25) is 5.10 Å². The SMILES string of the molecule is CCc1cccc(Nc2nc(N(C)CC)nc3c(C(=O)O)[nH]nc23)n1. The third-order valence-electron chi connectivity index (χ3n) is 3.83. The van der Waals surface area contributed by atoms with Gasteiger partial charge in [-0.15, -0.1) is 0 Å². The predicted molar refractivity (Wildman–Crippen MR) is 94.5 cm³/mol. The van der Waals surface area contributed by atoms with Crippen LogP contribution in [0.1, 0.15) is 30.0 Å². The Kier molecular flexibility index (Phi) is 4.46. The first-order valence-corrected chi connectivity index (χ1v) is 7.97. The fourth-order valence-corrected chi connectivity index (χ4v) is 2.30. The third kappa shape index (κ3) is 3.21. The largest absolute Gasteiger partial charge is 0.476 e. The number of aromatic nitrogens is 5. The number of H-pyrrole nitrogens is 1. The Morgan fingerprint density at radius 3 is 2.72 bits per heavy atom. The summed E-state index contributed by atoms with van der Waals surface area (Å²) in [6.07, 6.45) is 0.810. The third-order valence-corrected chi connectivity index (χ3v) is 3.83. The second kappa shape index (κ2) is 6.71. The minimum absolute atomic E-state index is 0.0681. The van der Waals surface area contributed by atoms with E-state index >= 15 is 0 Å². The van der Waals surface area contributed by atoms with Crippen LogP contribution in [-0.4, -0.2) is 49.8 Å². The van der Waals surface area contributed by atoms with Crippen molar-refractivity contribution in [3.63, 3.8) is 0 Å². The van der Waals surface area contributed by atoms with E-state index in [0.29, 0.717) is 29.6 Å². The first-order chi connectivity index (χ1) is 12.0. The van der Waals surface area contributed by atoms with Crippen LogP contribution in [0.25, 0.3) is 11.0 Å². The molecular formula is C16H19N7O2. The van der Waals surface area contributed by atoms with Crippen LogP contribution in [0.15, 0.2) is 18.2 Å². The van der Waals surface area contributed by atoms with Crippen molar-refractivity contribution in [3.8, 4) is 0 Å². The molecule has 3 N–H and O–H groups in total. The van der Waals surface area contributed by atoms with Crippen molar-refractivity contribution in [2.24, 2.45) is 0 Å². The molecule has 0 fully saturated rings. The molecule has 0 aromatic carbocycles. The summed E-state index contributed by atoms with van der Waals surface area (Å²) in [7, 11) is 1.83. The molecule has 0 saturated heterocycles. The van der Waals surface area contributed by atoms with Crippen LogP contribution in [0.3, 0.4) is 0 Å². The van der Waals surface area contributed by atoms with Gasteiger partial charge in [0.05, 0.1) is 0 Å². The number of rotatable bonds is 6. The molecule has 0 amide bonds. The lowest BCUT2D eigenvalue weighted by atomic mass is 10.3. The summed E-state index contributed by atoms with van der Waals surface area (Å²) < 4.78 is 0. The second-order valence-corrected chi connectivity index (χ2v) is 5.48. The molecule has 0 radical (unpaired) electrons. The van der Waals surface area contributed by atoms with Gasteiger partial charge in [-0.05, 0) is 25.5 Å². The Morgan fingerprint density at radius 1 is 1.24 bits per heavy atom. The molecule has 0 aliphatic carbocycles. The van der Waals surface area contributed by atoms with Gasteiger partial charge in [0.25, 0.3) is 0 Å². The molecule has 0 saturated carbocycles. The number of nitrogens with one attached hydrogen (secondary N) is 2. The highest BCUT2D eigenvalue weighted by Crippen LogP contribution is 2.26. The Bertz CT molecular complexity index is 922. The number of anilines is 3. The summed E-state index contributed by atoms with van der Waals surface area (Å²) in [6, 6.07) is 5.66. The van der Waals surface area contributed by atoms with Gasteiger partial charge in [0, 0.05) is 19.3 Å². The fraction of sp³-hybridized carbons (Fsp3) is 0.312. The maximum atomic E-state index is 11.4. The zero-order valence-corrected chi connectivity index (χ0v) is 14.2. The van der Waals surface area contributed by atoms with E-state index in [0.717, 1.165) is 12.1 Å². The quantitative estimate of drug-likeness (QED) is 0.624. The van der Waals surface area contributed by atoms with Crippen LogP contribution in [0.5, 0.6) is 0 Å². The molecule has 9 nitrogen and oxygen atoms in total. The fourth-order valence-electron chi connectivity index (χ4n) is 2.30. The summed E-state index contributed by atoms with van der Waals surface area (Å²) in [5, 5.41) is 19.0. The normalized spacial score (nSPS) is 10.8. The minimum Gasteiger partial charge on any atom is -0.476 e. The number of aryl methyl sites for hydroxylation is 1. The van der Waals surface area contributed by atoms with Gasteiger partial charge < -0.3 is 15.3 Å². The zero-order chi connectivity index (χ0) is 18.0. The summed E-state index contributed by atoms with van der Waals surface area (Å²) in [6.45, 7) is 4.66. The monoisotopic (exact) mass is 341 g/mol. The van der Waals surface area contributed by atoms with E-state index < -0.39 is 5.97 Å². The number of carboxylic acids is 1. The van der Waals surface area contributed by atoms with Crippen molar-refractivity contribution in [2.75, 3.05) is 23.8 Å². The number of nitrogens with zero attached hydrogens (tertiary/aromatic N) is 5. The lowest BCUT2D eigenvalue weighted by Gasteiger charge is -2.16. The Balaban J connectivity index is 2.13. The Hall–Kier alpha value is -3.23. The van der Waals surface area contributed by atoms with Crippen molar-refractivity contribution in [2.45, 2.75) is 20.3 Å². The number of carbonyl (C=O) groups is 1. The number of hydrogen-bond donors (Lipinski definition) is 3. The smallest absolute Gasteiger partial charge is 0.356 e. The first kappa shape index (κ1) is 16.6. The average molecular weight is 341 g/mol. The van der Waals surface area contributed by atoms with Crippen molar-refractivity contribution >= 4 is 34.6 Å². The molecule has 0 unspecified atom stereocenters. The molecule has 0 aliphatic rings. The van der Waals surface area contributed by atoms with Gasteiger partial charge in [0.15, 0.2) is 17.0 Å². The van der Waals surface area contributed by atoms with Crippen LogP contribution in [0.2, 0.25) is 0 Å². The molecule has 3 heterocycles. The number of aromatic amines is 1. The van der Waals surface area contributed by atoms with Crippen LogP contribution in [-0.2, 0) is 6.42 Å². The maximum Gasteiger partial charge on any atom is 0.356 e. The summed E-state index contributed by atoms with van der Waals surface area (Å²) in [5.74, 6) is 0.311. The van der Waals surface area contributed by atoms with Crippen LogP contribution < -0.4 is 10.2 Å². The molecule has 25 heavy (non-hydrogen) atoms. The number of pyridine rings is 1. The number of aromatic carboxylic acids is 1. The molecule has 130 valence electrons. The summed E-state index contributed by atoms with van der Waals surface area (Å²) in [4.78, 5) is 26.5. The van der Waals surface area contributed by atoms with E-state index in [1.807, 2.05) is 44.0 Å². The van der Waals surface area contributed by atoms with E-state index in [9.17, 15) is 9.90 Å². The molecule has 0 bridgehead atoms. The number of hydrogen-bond acceptors (Lipinski definition) is 7. The highest BCUT2D eigenvalue weighted by atomic mass is 16.4. The van der Waals surface area contributed by atoms with E-state index in [1.54, 1.807) is 0 Å². The first-order valence-electron chi connectivity index (χ1n) is 7.97. The van der Waals surface area contributed by atoms with Gasteiger partial charge >= 0.3 is 5.97 Å². The summed E-state index contributed by atoms with van der Waals surface area (Å²) in [5.41, 5.74) is 1.48. The van der Waals surface area contributed by atoms with Crippen LogP contribution in [0, 0.1) is 0 Å². The Labute approximate surface area is 144 Å². The van der Waals surface area contributed by atoms with E-state index in [4.69, 9.17) is 0 Å². The average Bonchev–Trinajstić information content (AvgIpc) is 3.05. The van der Waals surface area contributed by atoms with Crippen molar-refractivity contribution in [1.29, 1.82) is 0 Å². The lowest BCUT2D eigenvalue weighted by Crippen LogP contribution is -2.19. The lowest BCUT2D eigenvalue weighted by molar-refractivity contribution is 0.0692. The minimum atomic E-state index is -1.12. The standard InChI is InChI=1S/C16H19N7O2/c1-4-9-7-6-8-10(17-9)18-14-12-11(13(15(24)25)22-21-12)19-16(20-14)23(3)5-2/h6-8H,4-5H2,1-3H3,(H,21,22)(H,24,25)(H,17,18,19,20). The molecule has 0 atom stereocenters. The highest BCUT2D eigenvalue weighted by Gasteiger charge is 2.20. The van der Waals surface area contributed by atoms with Gasteiger partial charge in [-0.25, -0.2) is 14.8 Å². The van der Waals surface area contributed by atoms with Crippen LogP contribution in [0.4, 0.5) is 17.6 Å². The summed E-state index contributed by atoms with van der Waals surface area (Å²) >= 11 is 0.